The summed E-state index contributed by atoms with van der Waals surface area (Å²) in [6.45, 7) is 34.3. The van der Waals surface area contributed by atoms with E-state index in [1.807, 2.05) is 0 Å². The van der Waals surface area contributed by atoms with Gasteiger partial charge in [-0.1, -0.05) is 162 Å². The Kier molecular flexibility index (Phi) is 34.3. The van der Waals surface area contributed by atoms with Crippen molar-refractivity contribution in [1.29, 1.82) is 0 Å². The molecule has 17 saturated carbocycles. The number of rotatable bonds is 12. The Labute approximate surface area is 555 Å². The standard InChI is InChI=1S/C18H32OSi.C15H28OSi.2C13H24OSi.C9H14Si.10CH4/c1-20(2,17-6-4-3-5-7-17)19-18-11-14-8-15(12-18)10-16(9-14)13-18;1-17(2,3)16-5-4-15-9-12-6-13(10-15)8-14(7-12)11-15;1-15(2,3)14-13-7-10-4-11(8-13)6-12(5-10)9-13;1-15(2,3)14-13-11-5-9-4-10(7-11)8-12(13)6-9;1-10(2,3)9-7-5-4-6-8-9;;;;;;;;;;/h14-17H,3-13H2,1-2H3;12-14H,4-11H2,1-3H3;10-12H,4-9H2,1-3H3;9-13H,4-8H2,1-3H3;4-8H,1-3H3;10*1H4. The Morgan fingerprint density at radius 1 is 0.368 bits per heavy atom. The smallest absolute Gasteiger partial charge is 0.190 e. The molecule has 0 N–H and O–H groups in total. The fraction of sp³-hybridized carbons (Fsp3) is 0.923. The third kappa shape index (κ3) is 23.2. The summed E-state index contributed by atoms with van der Waals surface area (Å²) in [6.07, 6.45) is 43.8. The summed E-state index contributed by atoms with van der Waals surface area (Å²) < 4.78 is 26.3. The van der Waals surface area contributed by atoms with E-state index in [2.05, 4.69) is 122 Å². The normalized spacial score (nSPS) is 37.1. The van der Waals surface area contributed by atoms with Gasteiger partial charge in [-0.05, 0) is 314 Å². The SMILES string of the molecule is C.C.C.C.C.C.C.C.C.C.C[Si](C)(C)OC12CC3CC(CC(C3)C1)C2.C[Si](C)(C)OC1C2CC3CC(C2)CC1C3.C[Si](C)(C)OCCC12CC3CC(CC(C3)C1)C2.C[Si](C)(C)c1ccccc1.C[Si](C)(OC12CC3CC(CC(C3)C1)C2)C1CCCCC1. The summed E-state index contributed by atoms with van der Waals surface area (Å²) in [5, 5.41) is 1.54. The van der Waals surface area contributed by atoms with E-state index in [-0.39, 0.29) is 74.3 Å². The van der Waals surface area contributed by atoms with Crippen molar-refractivity contribution in [2.45, 2.75) is 375 Å². The van der Waals surface area contributed by atoms with E-state index in [0.717, 1.165) is 89.1 Å². The molecule has 9 heteroatoms. The van der Waals surface area contributed by atoms with Crippen molar-refractivity contribution in [3.63, 3.8) is 0 Å². The second-order valence-corrected chi connectivity index (χ2v) is 58.0. The maximum absolute atomic E-state index is 7.12. The summed E-state index contributed by atoms with van der Waals surface area (Å²) >= 11 is 0. The van der Waals surface area contributed by atoms with E-state index in [1.165, 1.54) is 166 Å². The average Bonchev–Trinajstić information content (AvgIpc) is 0.830. The molecule has 17 aliphatic rings. The Bertz CT molecular complexity index is 1920. The molecular weight excluding hydrogens is 1140 g/mol. The van der Waals surface area contributed by atoms with Crippen LogP contribution < -0.4 is 5.19 Å². The molecule has 0 atom stereocenters. The van der Waals surface area contributed by atoms with E-state index < -0.39 is 41.3 Å². The van der Waals surface area contributed by atoms with Gasteiger partial charge in [-0.15, -0.1) is 0 Å². The monoisotopic (exact) mass is 1300 g/mol. The largest absolute Gasteiger partial charge is 0.418 e. The van der Waals surface area contributed by atoms with E-state index in [1.54, 1.807) is 25.7 Å². The lowest BCUT2D eigenvalue weighted by Crippen LogP contribution is -2.57. The molecule has 4 nitrogen and oxygen atoms in total. The molecule has 1 aromatic rings. The van der Waals surface area contributed by atoms with Gasteiger partial charge in [-0.25, -0.2) is 0 Å². The molecule has 1 aromatic carbocycles. The molecule has 0 spiro atoms. The van der Waals surface area contributed by atoms with Crippen LogP contribution >= 0.6 is 0 Å². The van der Waals surface area contributed by atoms with Crippen molar-refractivity contribution in [2.75, 3.05) is 6.61 Å². The highest BCUT2D eigenvalue weighted by Crippen LogP contribution is 2.63. The topological polar surface area (TPSA) is 36.9 Å². The predicted molar refractivity (Wildman–Crippen MR) is 408 cm³/mol. The zero-order valence-corrected chi connectivity index (χ0v) is 57.9. The zero-order valence-electron chi connectivity index (χ0n) is 52.9. The van der Waals surface area contributed by atoms with E-state index in [0.29, 0.717) is 22.7 Å². The van der Waals surface area contributed by atoms with Crippen molar-refractivity contribution in [1.82, 2.24) is 0 Å². The molecule has 0 aliphatic heterocycles. The second-order valence-electron chi connectivity index (χ2n) is 35.3. The van der Waals surface area contributed by atoms with Gasteiger partial charge < -0.3 is 17.7 Å². The highest BCUT2D eigenvalue weighted by Gasteiger charge is 2.56. The molecule has 17 fully saturated rings. The summed E-state index contributed by atoms with van der Waals surface area (Å²) in [6, 6.07) is 10.8. The Balaban J connectivity index is 0.00000105. The maximum atomic E-state index is 7.12. The minimum Gasteiger partial charge on any atom is -0.418 e. The summed E-state index contributed by atoms with van der Waals surface area (Å²) in [7, 11) is -6.47. The minimum absolute atomic E-state index is 0. The fourth-order valence-corrected chi connectivity index (χ4v) is 30.0. The third-order valence-corrected chi connectivity index (χ3v) is 31.8. The van der Waals surface area contributed by atoms with Gasteiger partial charge in [0, 0.05) is 6.61 Å². The highest BCUT2D eigenvalue weighted by atomic mass is 28.4. The summed E-state index contributed by atoms with van der Waals surface area (Å²) in [5.41, 5.74) is 2.36. The van der Waals surface area contributed by atoms with Crippen LogP contribution in [-0.4, -0.2) is 65.3 Å². The van der Waals surface area contributed by atoms with Crippen molar-refractivity contribution in [3.05, 3.63) is 30.3 Å². The van der Waals surface area contributed by atoms with E-state index in [9.17, 15) is 0 Å². The van der Waals surface area contributed by atoms with Gasteiger partial charge in [0.05, 0.1) is 25.4 Å². The zero-order chi connectivity index (χ0) is 54.8. The molecule has 0 unspecified atom stereocenters. The lowest BCUT2D eigenvalue weighted by molar-refractivity contribution is -0.114. The quantitative estimate of drug-likeness (QED) is 0.196. The van der Waals surface area contributed by atoms with Crippen molar-refractivity contribution in [2.24, 2.45) is 82.3 Å². The first-order valence-corrected chi connectivity index (χ1v) is 50.5. The van der Waals surface area contributed by atoms with Crippen LogP contribution in [0.3, 0.4) is 0 Å². The molecule has 0 heterocycles. The van der Waals surface area contributed by atoms with Gasteiger partial charge in [-0.3, -0.25) is 0 Å². The van der Waals surface area contributed by atoms with Crippen LogP contribution in [0.1, 0.15) is 260 Å². The maximum Gasteiger partial charge on any atom is 0.190 e. The Morgan fingerprint density at radius 2 is 0.701 bits per heavy atom. The number of benzene rings is 1. The first-order chi connectivity index (χ1) is 36.0. The van der Waals surface area contributed by atoms with Gasteiger partial charge in [0.2, 0.25) is 0 Å². The van der Waals surface area contributed by atoms with Gasteiger partial charge in [-0.2, -0.15) is 0 Å². The van der Waals surface area contributed by atoms with Gasteiger partial charge in [0.25, 0.3) is 0 Å². The lowest BCUT2D eigenvalue weighted by atomic mass is 9.49. The molecule has 0 amide bonds. The van der Waals surface area contributed by atoms with Crippen LogP contribution in [0.15, 0.2) is 30.3 Å². The fourth-order valence-electron chi connectivity index (χ4n) is 22.0. The molecule has 0 aromatic heterocycles. The van der Waals surface area contributed by atoms with E-state index in [4.69, 9.17) is 17.7 Å². The van der Waals surface area contributed by atoms with Gasteiger partial charge in [0.15, 0.2) is 33.3 Å². The molecule has 18 rings (SSSR count). The first kappa shape index (κ1) is 87.1. The Morgan fingerprint density at radius 3 is 1.01 bits per heavy atom. The minimum atomic E-state index is -1.49. The molecule has 87 heavy (non-hydrogen) atoms. The molecule has 0 saturated heterocycles. The van der Waals surface area contributed by atoms with Crippen LogP contribution in [0.2, 0.25) is 97.2 Å². The van der Waals surface area contributed by atoms with Gasteiger partial charge in [0.1, 0.15) is 0 Å². The van der Waals surface area contributed by atoms with Crippen LogP contribution in [0, 0.1) is 82.3 Å². The molecular formula is C78H162O4Si5. The van der Waals surface area contributed by atoms with Crippen LogP contribution in [-0.2, 0) is 17.7 Å². The van der Waals surface area contributed by atoms with Crippen LogP contribution in [0.25, 0.3) is 0 Å². The highest BCUT2D eigenvalue weighted by molar-refractivity contribution is 6.88. The van der Waals surface area contributed by atoms with Crippen molar-refractivity contribution in [3.8, 4) is 0 Å². The van der Waals surface area contributed by atoms with Crippen LogP contribution in [0.5, 0.6) is 0 Å². The molecule has 518 valence electrons. The third-order valence-electron chi connectivity index (χ3n) is 23.2. The van der Waals surface area contributed by atoms with Crippen LogP contribution in [0.4, 0.5) is 0 Å². The lowest BCUT2D eigenvalue weighted by Gasteiger charge is -2.59. The average molecular weight is 1300 g/mol. The van der Waals surface area contributed by atoms with Gasteiger partial charge >= 0.3 is 0 Å². The van der Waals surface area contributed by atoms with Crippen molar-refractivity contribution < 1.29 is 17.7 Å². The van der Waals surface area contributed by atoms with E-state index >= 15 is 0 Å². The number of hydrogen-bond donors (Lipinski definition) is 0. The second kappa shape index (κ2) is 34.2. The summed E-state index contributed by atoms with van der Waals surface area (Å²) in [4.78, 5) is 0. The number of hydrogen-bond acceptors (Lipinski definition) is 4. The van der Waals surface area contributed by atoms with Crippen molar-refractivity contribution >= 4 is 46.5 Å². The Hall–Kier alpha value is 0.144. The molecule has 17 aliphatic carbocycles. The predicted octanol–water partition coefficient (Wildman–Crippen LogP) is 26.0. The molecule has 16 bridgehead atoms. The first-order valence-electron chi connectivity index (χ1n) is 33.8. The summed E-state index contributed by atoms with van der Waals surface area (Å²) in [5.74, 6) is 13.4. The molecule has 0 radical (unpaired) electrons.